The molecule has 1 unspecified atom stereocenters. The van der Waals surface area contributed by atoms with E-state index in [9.17, 15) is 14.7 Å². The molecule has 488 valence electrons. The summed E-state index contributed by atoms with van der Waals surface area (Å²) >= 11 is 0. The first-order valence-corrected chi connectivity index (χ1v) is 34.9. The Balaban J connectivity index is 3.64. The summed E-state index contributed by atoms with van der Waals surface area (Å²) in [7, 11) is 0. The monoisotopic (exact) mass is 1200 g/mol. The maximum atomic E-state index is 12.3. The van der Waals surface area contributed by atoms with Gasteiger partial charge in [0.2, 0.25) is 0 Å². The van der Waals surface area contributed by atoms with Gasteiger partial charge in [-0.1, -0.05) is 315 Å². The molecule has 88 heavy (non-hydrogen) atoms. The average Bonchev–Trinajstić information content (AvgIpc) is 3.56. The van der Waals surface area contributed by atoms with Gasteiger partial charge in [-0.15, -0.1) is 0 Å². The molecule has 1 atom stereocenters. The Hall–Kier alpha value is -6.04. The zero-order valence-electron chi connectivity index (χ0n) is 55.9. The highest BCUT2D eigenvalue weighted by atomic mass is 16.6. The lowest BCUT2D eigenvalue weighted by atomic mass is 10.0. The fourth-order valence-corrected chi connectivity index (χ4v) is 8.81. The summed E-state index contributed by atoms with van der Waals surface area (Å²) in [5, 5.41) is 9.69. The van der Waals surface area contributed by atoms with E-state index < -0.39 is 6.10 Å². The molecule has 5 heteroatoms. The van der Waals surface area contributed by atoms with Crippen molar-refractivity contribution in [3.63, 3.8) is 0 Å². The van der Waals surface area contributed by atoms with E-state index in [0.717, 1.165) is 154 Å². The summed E-state index contributed by atoms with van der Waals surface area (Å²) in [6, 6.07) is 0. The second-order valence-electron chi connectivity index (χ2n) is 22.1. The van der Waals surface area contributed by atoms with Crippen molar-refractivity contribution in [1.29, 1.82) is 0 Å². The van der Waals surface area contributed by atoms with Gasteiger partial charge in [-0.3, -0.25) is 9.59 Å². The first-order chi connectivity index (χ1) is 43.6. The Labute approximate surface area is 541 Å². The fourth-order valence-electron chi connectivity index (χ4n) is 8.81. The maximum Gasteiger partial charge on any atom is 0.306 e. The van der Waals surface area contributed by atoms with Crippen LogP contribution < -0.4 is 0 Å². The second-order valence-corrected chi connectivity index (χ2v) is 22.1. The van der Waals surface area contributed by atoms with Gasteiger partial charge in [0.1, 0.15) is 6.61 Å². The van der Waals surface area contributed by atoms with Crippen LogP contribution in [0, 0.1) is 0 Å². The number of hydrogen-bond donors (Lipinski definition) is 1. The quantitative estimate of drug-likeness (QED) is 0.0373. The molecule has 0 rings (SSSR count). The highest BCUT2D eigenvalue weighted by Gasteiger charge is 2.16. The van der Waals surface area contributed by atoms with Crippen LogP contribution in [0.15, 0.2) is 231 Å². The van der Waals surface area contributed by atoms with Crippen LogP contribution in [-0.4, -0.2) is 36.4 Å². The molecule has 5 nitrogen and oxygen atoms in total. The smallest absolute Gasteiger partial charge is 0.306 e. The summed E-state index contributed by atoms with van der Waals surface area (Å²) in [6.07, 6.45) is 123. The SMILES string of the molecule is CC/C=C\C/C=C\C/C=C\C/C=C\C/C=C\C/C=C\C/C=C\C/C=C\C/C=C\C/C=C\CCCCC(=O)OC(CO)COC(=O)CCCCCCCCCCCCCCC/C=C\C/C=C\C/C=C\C/C=C\C/C=C\C/C=C\C/C=C\C/C=C\C/C=C\CC. The molecule has 0 amide bonds. The van der Waals surface area contributed by atoms with E-state index >= 15 is 0 Å². The summed E-state index contributed by atoms with van der Waals surface area (Å²) < 4.78 is 10.7. The minimum Gasteiger partial charge on any atom is -0.462 e. The maximum absolute atomic E-state index is 12.3. The third kappa shape index (κ3) is 72.4. The molecule has 0 saturated carbocycles. The highest BCUT2D eigenvalue weighted by Crippen LogP contribution is 2.15. The van der Waals surface area contributed by atoms with Crippen LogP contribution in [-0.2, 0) is 19.1 Å². The number of esters is 2. The summed E-state index contributed by atoms with van der Waals surface area (Å²) in [6.45, 7) is 3.86. The third-order valence-corrected chi connectivity index (χ3v) is 14.0. The van der Waals surface area contributed by atoms with Crippen LogP contribution in [0.3, 0.4) is 0 Å². The molecule has 0 radical (unpaired) electrons. The number of hydrogen-bond acceptors (Lipinski definition) is 5. The van der Waals surface area contributed by atoms with Gasteiger partial charge < -0.3 is 14.6 Å². The van der Waals surface area contributed by atoms with Gasteiger partial charge >= 0.3 is 11.9 Å². The topological polar surface area (TPSA) is 72.8 Å². The van der Waals surface area contributed by atoms with Crippen molar-refractivity contribution in [2.45, 2.75) is 264 Å². The standard InChI is InChI=1S/C83H126O5/c1-3-5-7-9-11-13-15-17-19-21-23-25-27-29-31-33-35-37-38-39-40-41-42-43-44-46-47-49-51-53-55-57-59-61-63-65-67-69-71-73-75-77-82(85)87-80-81(79-84)88-83(86)78-76-74-72-70-68-66-64-62-60-58-56-54-52-50-48-45-36-34-32-30-28-26-24-22-20-18-16-14-12-10-8-6-4-2/h5-8,11-14,17-20,23-26,29-32,35-37,39-40,42-43,45-47,50,52,56,58,62,64,68,70,81,84H,3-4,9-10,15-16,21-22,27-28,33-34,38,41,44,48-49,51,53-55,57,59-61,63,65-67,69,71-80H2,1-2H3/b7-5-,8-6-,13-11-,14-12-,19-17-,20-18-,25-23-,26-24-,31-29-,32-30-,37-35-,40-39-,43-42-,45-36-,47-46-,52-50-,58-56-,64-62-,70-68-. The van der Waals surface area contributed by atoms with Gasteiger partial charge in [-0.05, 0) is 161 Å². The van der Waals surface area contributed by atoms with Crippen molar-refractivity contribution in [1.82, 2.24) is 0 Å². The number of ether oxygens (including phenoxy) is 2. The van der Waals surface area contributed by atoms with Crippen LogP contribution >= 0.6 is 0 Å². The van der Waals surface area contributed by atoms with E-state index in [1.165, 1.54) is 70.6 Å². The molecule has 0 aromatic carbocycles. The Morgan fingerprint density at radius 2 is 0.455 bits per heavy atom. The zero-order chi connectivity index (χ0) is 63.3. The second kappa shape index (κ2) is 75.2. The molecule has 0 spiro atoms. The molecule has 0 saturated heterocycles. The minimum atomic E-state index is -0.815. The van der Waals surface area contributed by atoms with E-state index in [4.69, 9.17) is 9.47 Å². The van der Waals surface area contributed by atoms with E-state index in [1.54, 1.807) is 0 Å². The van der Waals surface area contributed by atoms with Crippen molar-refractivity contribution < 1.29 is 24.2 Å². The van der Waals surface area contributed by atoms with Gasteiger partial charge in [0.15, 0.2) is 6.10 Å². The Morgan fingerprint density at radius 3 is 0.705 bits per heavy atom. The average molecular weight is 1200 g/mol. The molecule has 0 aromatic rings. The van der Waals surface area contributed by atoms with Gasteiger partial charge in [0, 0.05) is 12.8 Å². The fraction of sp³-hybridized carbons (Fsp3) is 0.518. The summed E-state index contributed by atoms with van der Waals surface area (Å²) in [5.41, 5.74) is 0. The third-order valence-electron chi connectivity index (χ3n) is 14.0. The Morgan fingerprint density at radius 1 is 0.261 bits per heavy atom. The zero-order valence-corrected chi connectivity index (χ0v) is 55.9. The van der Waals surface area contributed by atoms with Gasteiger partial charge in [0.25, 0.3) is 0 Å². The van der Waals surface area contributed by atoms with E-state index in [1.807, 2.05) is 0 Å². The van der Waals surface area contributed by atoms with Crippen LogP contribution in [0.2, 0.25) is 0 Å². The number of aliphatic hydroxyl groups is 1. The minimum absolute atomic E-state index is 0.0987. The molecular formula is C83H126O5. The number of unbranched alkanes of at least 4 members (excludes halogenated alkanes) is 15. The highest BCUT2D eigenvalue weighted by molar-refractivity contribution is 5.70. The molecule has 0 aliphatic heterocycles. The van der Waals surface area contributed by atoms with Gasteiger partial charge in [0.05, 0.1) is 6.61 Å². The van der Waals surface area contributed by atoms with Crippen molar-refractivity contribution in [3.8, 4) is 0 Å². The van der Waals surface area contributed by atoms with Crippen molar-refractivity contribution in [2.24, 2.45) is 0 Å². The molecule has 0 heterocycles. The first kappa shape index (κ1) is 82.0. The number of carbonyl (C=O) groups excluding carboxylic acids is 2. The van der Waals surface area contributed by atoms with Crippen molar-refractivity contribution >= 4 is 11.9 Å². The summed E-state index contributed by atoms with van der Waals surface area (Å²) in [4.78, 5) is 24.6. The first-order valence-electron chi connectivity index (χ1n) is 34.9. The lowest BCUT2D eigenvalue weighted by Gasteiger charge is -2.15. The molecule has 0 bridgehead atoms. The van der Waals surface area contributed by atoms with Crippen LogP contribution in [0.25, 0.3) is 0 Å². The number of allylic oxidation sites excluding steroid dienone is 38. The molecule has 0 fully saturated rings. The van der Waals surface area contributed by atoms with Crippen LogP contribution in [0.5, 0.6) is 0 Å². The predicted molar refractivity (Wildman–Crippen MR) is 388 cm³/mol. The van der Waals surface area contributed by atoms with E-state index in [0.29, 0.717) is 12.8 Å². The van der Waals surface area contributed by atoms with Gasteiger partial charge in [-0.2, -0.15) is 0 Å². The van der Waals surface area contributed by atoms with Crippen LogP contribution in [0.4, 0.5) is 0 Å². The summed E-state index contributed by atoms with van der Waals surface area (Å²) in [5.74, 6) is -0.658. The largest absolute Gasteiger partial charge is 0.462 e. The molecule has 1 N–H and O–H groups in total. The van der Waals surface area contributed by atoms with Crippen molar-refractivity contribution in [2.75, 3.05) is 13.2 Å². The number of rotatable bonds is 61. The molecule has 0 aromatic heterocycles. The molecular weight excluding hydrogens is 1080 g/mol. The molecule has 0 aliphatic carbocycles. The number of carbonyl (C=O) groups is 2. The van der Waals surface area contributed by atoms with E-state index in [2.05, 4.69) is 245 Å². The predicted octanol–water partition coefficient (Wildman–Crippen LogP) is 24.9. The van der Waals surface area contributed by atoms with Crippen molar-refractivity contribution in [3.05, 3.63) is 231 Å². The lowest BCUT2D eigenvalue weighted by Crippen LogP contribution is -2.28. The number of aliphatic hydroxyl groups excluding tert-OH is 1. The van der Waals surface area contributed by atoms with E-state index in [-0.39, 0.29) is 31.6 Å². The Bertz CT molecular complexity index is 2150. The lowest BCUT2D eigenvalue weighted by molar-refractivity contribution is -0.161. The van der Waals surface area contributed by atoms with Gasteiger partial charge in [-0.25, -0.2) is 0 Å². The Kier molecular flexibility index (Phi) is 70.0. The van der Waals surface area contributed by atoms with Crippen LogP contribution in [0.1, 0.15) is 258 Å². The molecule has 0 aliphatic rings. The normalized spacial score (nSPS) is 13.7.